The van der Waals surface area contributed by atoms with Gasteiger partial charge < -0.3 is 15.2 Å². The lowest BCUT2D eigenvalue weighted by Gasteiger charge is -2.42. The average Bonchev–Trinajstić information content (AvgIpc) is 2.35. The Kier molecular flexibility index (Phi) is 3.69. The van der Waals surface area contributed by atoms with Gasteiger partial charge in [0.1, 0.15) is 5.69 Å². The van der Waals surface area contributed by atoms with E-state index in [0.717, 1.165) is 19.3 Å². The highest BCUT2D eigenvalue weighted by atomic mass is 16.5. The average molecular weight is 264 g/mol. The van der Waals surface area contributed by atoms with Crippen LogP contribution < -0.4 is 5.32 Å². The fourth-order valence-electron chi connectivity index (χ4n) is 2.27. The fourth-order valence-corrected chi connectivity index (χ4v) is 2.27. The second kappa shape index (κ2) is 5.26. The molecule has 6 nitrogen and oxygen atoms in total. The number of hydrogen-bond acceptors (Lipinski definition) is 5. The summed E-state index contributed by atoms with van der Waals surface area (Å²) in [5.41, 5.74) is 0.495. The maximum absolute atomic E-state index is 11.4. The van der Waals surface area contributed by atoms with Gasteiger partial charge in [0.2, 0.25) is 0 Å². The van der Waals surface area contributed by atoms with E-state index in [0.29, 0.717) is 5.69 Å². The second-order valence-electron chi connectivity index (χ2n) is 4.75. The summed E-state index contributed by atoms with van der Waals surface area (Å²) >= 11 is 0. The predicted octanol–water partition coefficient (Wildman–Crippen LogP) is 1.68. The van der Waals surface area contributed by atoms with Crippen LogP contribution in [0.1, 0.15) is 36.2 Å². The molecule has 19 heavy (non-hydrogen) atoms. The van der Waals surface area contributed by atoms with Crippen LogP contribution in [0.3, 0.4) is 0 Å². The van der Waals surface area contributed by atoms with Crippen molar-refractivity contribution in [2.24, 2.45) is 0 Å². The summed E-state index contributed by atoms with van der Waals surface area (Å²) in [6.45, 7) is 0. The van der Waals surface area contributed by atoms with Crippen molar-refractivity contribution >= 4 is 17.6 Å². The molecular formula is C13H16N2O4. The monoisotopic (exact) mass is 264 g/mol. The fraction of sp³-hybridized carbons (Fsp3) is 0.462. The zero-order valence-corrected chi connectivity index (χ0v) is 10.7. The summed E-state index contributed by atoms with van der Waals surface area (Å²) < 4.78 is 4.60. The molecule has 2 N–H and O–H groups in total. The normalized spacial score (nSPS) is 16.3. The first kappa shape index (κ1) is 13.3. The number of nitrogens with zero attached hydrogens (tertiary/aromatic N) is 1. The van der Waals surface area contributed by atoms with Crippen molar-refractivity contribution in [1.82, 2.24) is 4.98 Å². The zero-order chi connectivity index (χ0) is 13.9. The van der Waals surface area contributed by atoms with Gasteiger partial charge in [0, 0.05) is 17.4 Å². The van der Waals surface area contributed by atoms with E-state index in [1.54, 1.807) is 12.1 Å². The van der Waals surface area contributed by atoms with Crippen molar-refractivity contribution in [1.29, 1.82) is 0 Å². The molecule has 0 radical (unpaired) electrons. The molecule has 0 amide bonds. The van der Waals surface area contributed by atoms with Gasteiger partial charge in [-0.15, -0.1) is 0 Å². The van der Waals surface area contributed by atoms with Crippen LogP contribution in [-0.4, -0.2) is 34.7 Å². The van der Waals surface area contributed by atoms with E-state index < -0.39 is 17.5 Å². The van der Waals surface area contributed by atoms with Crippen molar-refractivity contribution in [3.05, 3.63) is 24.0 Å². The van der Waals surface area contributed by atoms with E-state index >= 15 is 0 Å². The van der Waals surface area contributed by atoms with Crippen molar-refractivity contribution < 1.29 is 19.4 Å². The number of nitrogens with one attached hydrogen (secondary N) is 1. The van der Waals surface area contributed by atoms with Crippen LogP contribution >= 0.6 is 0 Å². The minimum atomic E-state index is -0.825. The van der Waals surface area contributed by atoms with Gasteiger partial charge in [-0.3, -0.25) is 4.79 Å². The Hall–Kier alpha value is -2.11. The van der Waals surface area contributed by atoms with Gasteiger partial charge in [0.15, 0.2) is 0 Å². The molecule has 1 heterocycles. The number of esters is 1. The molecule has 0 atom stereocenters. The largest absolute Gasteiger partial charge is 0.481 e. The van der Waals surface area contributed by atoms with Crippen molar-refractivity contribution in [2.45, 2.75) is 31.2 Å². The SMILES string of the molecule is COC(=O)c1cc(NC2(CC(=O)O)CCC2)ccn1. The Morgan fingerprint density at radius 1 is 1.53 bits per heavy atom. The predicted molar refractivity (Wildman–Crippen MR) is 68.0 cm³/mol. The Balaban J connectivity index is 2.14. The van der Waals surface area contributed by atoms with E-state index in [-0.39, 0.29) is 12.1 Å². The molecule has 2 rings (SSSR count). The molecule has 0 aliphatic heterocycles. The topological polar surface area (TPSA) is 88.5 Å². The van der Waals surface area contributed by atoms with Crippen LogP contribution in [0.15, 0.2) is 18.3 Å². The standard InChI is InChI=1S/C13H16N2O4/c1-19-12(18)10-7-9(3-6-14-10)15-13(4-2-5-13)8-11(16)17/h3,6-7H,2,4-5,8H2,1H3,(H,14,15)(H,16,17). The molecule has 1 fully saturated rings. The Morgan fingerprint density at radius 3 is 2.79 bits per heavy atom. The highest BCUT2D eigenvalue weighted by Crippen LogP contribution is 2.38. The molecule has 0 saturated heterocycles. The highest BCUT2D eigenvalue weighted by molar-refractivity contribution is 5.88. The zero-order valence-electron chi connectivity index (χ0n) is 10.7. The number of rotatable bonds is 5. The van der Waals surface area contributed by atoms with Crippen LogP contribution in [0.5, 0.6) is 0 Å². The van der Waals surface area contributed by atoms with Crippen LogP contribution in [-0.2, 0) is 9.53 Å². The van der Waals surface area contributed by atoms with Crippen molar-refractivity contribution in [2.75, 3.05) is 12.4 Å². The van der Waals surface area contributed by atoms with Gasteiger partial charge in [-0.2, -0.15) is 0 Å². The van der Waals surface area contributed by atoms with Gasteiger partial charge in [0.25, 0.3) is 0 Å². The molecule has 1 aromatic heterocycles. The van der Waals surface area contributed by atoms with Crippen LogP contribution in [0, 0.1) is 0 Å². The number of pyridine rings is 1. The first-order valence-electron chi connectivity index (χ1n) is 6.09. The van der Waals surface area contributed by atoms with Gasteiger partial charge in [-0.1, -0.05) is 0 Å². The molecule has 1 aromatic rings. The van der Waals surface area contributed by atoms with Gasteiger partial charge >= 0.3 is 11.9 Å². The Morgan fingerprint density at radius 2 is 2.26 bits per heavy atom. The first-order chi connectivity index (χ1) is 9.04. The molecule has 1 saturated carbocycles. The summed E-state index contributed by atoms with van der Waals surface area (Å²) in [6, 6.07) is 3.29. The molecule has 102 valence electrons. The maximum Gasteiger partial charge on any atom is 0.356 e. The quantitative estimate of drug-likeness (QED) is 0.786. The molecule has 6 heteroatoms. The van der Waals surface area contributed by atoms with Gasteiger partial charge in [-0.25, -0.2) is 9.78 Å². The molecule has 1 aliphatic carbocycles. The third-order valence-corrected chi connectivity index (χ3v) is 3.36. The minimum absolute atomic E-state index is 0.0723. The number of carbonyl (C=O) groups is 2. The number of ether oxygens (including phenoxy) is 1. The lowest BCUT2D eigenvalue weighted by atomic mass is 9.74. The minimum Gasteiger partial charge on any atom is -0.481 e. The van der Waals surface area contributed by atoms with Crippen molar-refractivity contribution in [3.8, 4) is 0 Å². The number of carboxylic acid groups (broad SMARTS) is 1. The Labute approximate surface area is 110 Å². The Bertz CT molecular complexity index is 497. The summed E-state index contributed by atoms with van der Waals surface area (Å²) in [5.74, 6) is -1.33. The molecule has 0 bridgehead atoms. The molecule has 0 aromatic carbocycles. The maximum atomic E-state index is 11.4. The molecular weight excluding hydrogens is 248 g/mol. The van der Waals surface area contributed by atoms with Gasteiger partial charge in [0.05, 0.1) is 13.5 Å². The summed E-state index contributed by atoms with van der Waals surface area (Å²) in [6.07, 6.45) is 4.21. The third kappa shape index (κ3) is 3.01. The number of aliphatic carboxylic acids is 1. The molecule has 0 unspecified atom stereocenters. The van der Waals surface area contributed by atoms with Crippen LogP contribution in [0.2, 0.25) is 0 Å². The van der Waals surface area contributed by atoms with E-state index in [2.05, 4.69) is 15.0 Å². The number of methoxy groups -OCH3 is 1. The highest BCUT2D eigenvalue weighted by Gasteiger charge is 2.39. The lowest BCUT2D eigenvalue weighted by molar-refractivity contribution is -0.138. The second-order valence-corrected chi connectivity index (χ2v) is 4.75. The summed E-state index contributed by atoms with van der Waals surface area (Å²) in [4.78, 5) is 26.2. The number of hydrogen-bond donors (Lipinski definition) is 2. The number of carboxylic acids is 1. The summed E-state index contributed by atoms with van der Waals surface area (Å²) in [5, 5.41) is 12.2. The summed E-state index contributed by atoms with van der Waals surface area (Å²) in [7, 11) is 1.29. The van der Waals surface area contributed by atoms with E-state index in [4.69, 9.17) is 5.11 Å². The van der Waals surface area contributed by atoms with E-state index in [9.17, 15) is 9.59 Å². The van der Waals surface area contributed by atoms with Crippen LogP contribution in [0.4, 0.5) is 5.69 Å². The number of anilines is 1. The first-order valence-corrected chi connectivity index (χ1v) is 6.09. The smallest absolute Gasteiger partial charge is 0.356 e. The molecule has 1 aliphatic rings. The lowest BCUT2D eigenvalue weighted by Crippen LogP contribution is -2.46. The van der Waals surface area contributed by atoms with E-state index in [1.807, 2.05) is 0 Å². The van der Waals surface area contributed by atoms with Crippen LogP contribution in [0.25, 0.3) is 0 Å². The number of aromatic nitrogens is 1. The van der Waals surface area contributed by atoms with Gasteiger partial charge in [-0.05, 0) is 31.4 Å². The molecule has 0 spiro atoms. The number of carbonyl (C=O) groups excluding carboxylic acids is 1. The van der Waals surface area contributed by atoms with Crippen molar-refractivity contribution in [3.63, 3.8) is 0 Å². The van der Waals surface area contributed by atoms with E-state index in [1.165, 1.54) is 13.3 Å². The third-order valence-electron chi connectivity index (χ3n) is 3.36.